The fraction of sp³-hybridized carbons (Fsp3) is 0.364. The highest BCUT2D eigenvalue weighted by Gasteiger charge is 2.24. The van der Waals surface area contributed by atoms with Gasteiger partial charge in [-0.3, -0.25) is 4.79 Å². The molecule has 2 rings (SSSR count). The first-order valence-electron chi connectivity index (χ1n) is 5.11. The maximum atomic E-state index is 13.3. The largest absolute Gasteiger partial charge is 0.323 e. The summed E-state index contributed by atoms with van der Waals surface area (Å²) in [6.07, 6.45) is 0.724. The van der Waals surface area contributed by atoms with E-state index in [0.717, 1.165) is 24.3 Å². The van der Waals surface area contributed by atoms with E-state index in [0.29, 0.717) is 5.75 Å². The van der Waals surface area contributed by atoms with Crippen molar-refractivity contribution in [1.82, 2.24) is 0 Å². The zero-order valence-corrected chi connectivity index (χ0v) is 9.62. The van der Waals surface area contributed by atoms with Crippen LogP contribution in [-0.2, 0) is 4.79 Å². The lowest BCUT2D eigenvalue weighted by atomic mass is 10.1. The highest BCUT2D eigenvalue weighted by atomic mass is 32.2. The van der Waals surface area contributed by atoms with E-state index in [1.807, 2.05) is 0 Å². The third-order valence-corrected chi connectivity index (χ3v) is 3.76. The van der Waals surface area contributed by atoms with Crippen LogP contribution in [0.25, 0.3) is 0 Å². The zero-order valence-electron chi connectivity index (χ0n) is 8.80. The Balaban J connectivity index is 2.13. The van der Waals surface area contributed by atoms with Gasteiger partial charge in [-0.05, 0) is 24.3 Å². The van der Waals surface area contributed by atoms with Gasteiger partial charge < -0.3 is 5.32 Å². The molecule has 0 aliphatic carbocycles. The highest BCUT2D eigenvalue weighted by molar-refractivity contribution is 7.99. The van der Waals surface area contributed by atoms with Crippen LogP contribution in [0.3, 0.4) is 0 Å². The van der Waals surface area contributed by atoms with Gasteiger partial charge >= 0.3 is 0 Å². The van der Waals surface area contributed by atoms with Crippen molar-refractivity contribution in [3.05, 3.63) is 29.6 Å². The number of hydrogen-bond acceptors (Lipinski definition) is 2. The Kier molecular flexibility index (Phi) is 3.61. The monoisotopic (exact) mass is 261 g/mol. The molecule has 1 saturated heterocycles. The summed E-state index contributed by atoms with van der Waals surface area (Å²) in [5.74, 6) is -3.16. The van der Waals surface area contributed by atoms with Gasteiger partial charge in [0.05, 0.1) is 5.69 Å². The number of amides is 1. The van der Waals surface area contributed by atoms with E-state index in [1.165, 1.54) is 0 Å². The molecule has 1 unspecified atom stereocenters. The number of nitrogens with one attached hydrogen (secondary N) is 1. The summed E-state index contributed by atoms with van der Waals surface area (Å²) >= 11 is 1.64. The van der Waals surface area contributed by atoms with E-state index in [9.17, 15) is 18.0 Å². The molecule has 92 valence electrons. The van der Waals surface area contributed by atoms with Crippen molar-refractivity contribution < 1.29 is 18.0 Å². The van der Waals surface area contributed by atoms with Crippen LogP contribution in [0.1, 0.15) is 6.42 Å². The van der Waals surface area contributed by atoms with Gasteiger partial charge in [-0.15, -0.1) is 0 Å². The van der Waals surface area contributed by atoms with Crippen molar-refractivity contribution >= 4 is 23.4 Å². The Morgan fingerprint density at radius 3 is 2.71 bits per heavy atom. The lowest BCUT2D eigenvalue weighted by Gasteiger charge is -2.10. The summed E-state index contributed by atoms with van der Waals surface area (Å²) in [7, 11) is 0. The predicted molar refractivity (Wildman–Crippen MR) is 60.4 cm³/mol. The van der Waals surface area contributed by atoms with Crippen LogP contribution in [0, 0.1) is 23.4 Å². The summed E-state index contributed by atoms with van der Waals surface area (Å²) in [4.78, 5) is 11.7. The fourth-order valence-corrected chi connectivity index (χ4v) is 2.82. The Morgan fingerprint density at radius 1 is 1.29 bits per heavy atom. The number of carbonyl (C=O) groups is 1. The molecule has 0 saturated carbocycles. The molecule has 6 heteroatoms. The molecule has 0 radical (unpaired) electrons. The third kappa shape index (κ3) is 2.57. The number of halogens is 3. The molecule has 17 heavy (non-hydrogen) atoms. The lowest BCUT2D eigenvalue weighted by Crippen LogP contribution is -2.23. The molecule has 0 bridgehead atoms. The first kappa shape index (κ1) is 12.3. The van der Waals surface area contributed by atoms with Crippen LogP contribution in [0.5, 0.6) is 0 Å². The van der Waals surface area contributed by atoms with E-state index >= 15 is 0 Å². The van der Waals surface area contributed by atoms with Crippen LogP contribution in [0.15, 0.2) is 12.1 Å². The number of hydrogen-bond donors (Lipinski definition) is 1. The number of carbonyl (C=O) groups excluding carboxylic acids is 1. The molecular formula is C11H10F3NOS. The first-order valence-corrected chi connectivity index (χ1v) is 6.27. The molecule has 0 aromatic heterocycles. The van der Waals surface area contributed by atoms with Gasteiger partial charge in [0.2, 0.25) is 5.91 Å². The summed E-state index contributed by atoms with van der Waals surface area (Å²) in [5, 5.41) is 2.29. The molecule has 1 N–H and O–H groups in total. The van der Waals surface area contributed by atoms with Crippen molar-refractivity contribution in [1.29, 1.82) is 0 Å². The fourth-order valence-electron chi connectivity index (χ4n) is 1.60. The molecule has 1 aromatic rings. The number of anilines is 1. The predicted octanol–water partition coefficient (Wildman–Crippen LogP) is 2.80. The molecule has 1 aliphatic heterocycles. The smallest absolute Gasteiger partial charge is 0.228 e. The highest BCUT2D eigenvalue weighted by Crippen LogP contribution is 2.26. The molecule has 2 nitrogen and oxygen atoms in total. The molecule has 1 aromatic carbocycles. The number of rotatable bonds is 2. The van der Waals surface area contributed by atoms with E-state index < -0.39 is 17.5 Å². The third-order valence-electron chi connectivity index (χ3n) is 2.59. The minimum Gasteiger partial charge on any atom is -0.323 e. The Hall–Kier alpha value is -1.17. The van der Waals surface area contributed by atoms with Crippen LogP contribution >= 0.6 is 11.8 Å². The normalized spacial score (nSPS) is 19.4. The van der Waals surface area contributed by atoms with Crippen LogP contribution < -0.4 is 5.32 Å². The average molecular weight is 261 g/mol. The van der Waals surface area contributed by atoms with E-state index in [4.69, 9.17) is 0 Å². The van der Waals surface area contributed by atoms with Crippen LogP contribution in [-0.4, -0.2) is 17.4 Å². The van der Waals surface area contributed by atoms with Crippen LogP contribution in [0.2, 0.25) is 0 Å². The Labute approximate surface area is 101 Å². The van der Waals surface area contributed by atoms with E-state index in [2.05, 4.69) is 5.32 Å². The average Bonchev–Trinajstić information content (AvgIpc) is 2.83. The summed E-state index contributed by atoms with van der Waals surface area (Å²) < 4.78 is 38.9. The quantitative estimate of drug-likeness (QED) is 0.829. The molecule has 1 fully saturated rings. The van der Waals surface area contributed by atoms with Crippen molar-refractivity contribution in [3.8, 4) is 0 Å². The Morgan fingerprint density at radius 2 is 2.06 bits per heavy atom. The maximum Gasteiger partial charge on any atom is 0.228 e. The van der Waals surface area contributed by atoms with E-state index in [1.54, 1.807) is 11.8 Å². The van der Waals surface area contributed by atoms with Crippen molar-refractivity contribution in [2.75, 3.05) is 16.8 Å². The summed E-state index contributed by atoms with van der Waals surface area (Å²) in [6.45, 7) is 0. The molecule has 1 aliphatic rings. The van der Waals surface area contributed by atoms with Gasteiger partial charge in [0.1, 0.15) is 0 Å². The second kappa shape index (κ2) is 5.00. The SMILES string of the molecule is O=C(Nc1ccc(F)c(F)c1F)C1CCSC1. The van der Waals surface area contributed by atoms with E-state index in [-0.39, 0.29) is 17.5 Å². The number of benzene rings is 1. The van der Waals surface area contributed by atoms with Crippen molar-refractivity contribution in [2.45, 2.75) is 6.42 Å². The molecule has 1 atom stereocenters. The topological polar surface area (TPSA) is 29.1 Å². The summed E-state index contributed by atoms with van der Waals surface area (Å²) in [5.41, 5.74) is -0.314. The van der Waals surface area contributed by atoms with Gasteiger partial charge in [0, 0.05) is 11.7 Å². The first-order chi connectivity index (χ1) is 8.09. The molecule has 1 heterocycles. The van der Waals surface area contributed by atoms with Gasteiger partial charge in [-0.1, -0.05) is 0 Å². The van der Waals surface area contributed by atoms with Gasteiger partial charge in [-0.25, -0.2) is 13.2 Å². The van der Waals surface area contributed by atoms with Gasteiger partial charge in [-0.2, -0.15) is 11.8 Å². The molecule has 0 spiro atoms. The van der Waals surface area contributed by atoms with Gasteiger partial charge in [0.25, 0.3) is 0 Å². The second-order valence-corrected chi connectivity index (χ2v) is 4.92. The standard InChI is InChI=1S/C11H10F3NOS/c12-7-1-2-8(10(14)9(7)13)15-11(16)6-3-4-17-5-6/h1-2,6H,3-5H2,(H,15,16). The van der Waals surface area contributed by atoms with Gasteiger partial charge in [0.15, 0.2) is 17.5 Å². The van der Waals surface area contributed by atoms with Crippen molar-refractivity contribution in [3.63, 3.8) is 0 Å². The maximum absolute atomic E-state index is 13.3. The number of thioether (sulfide) groups is 1. The van der Waals surface area contributed by atoms with Crippen LogP contribution in [0.4, 0.5) is 18.9 Å². The molecule has 1 amide bonds. The molecular weight excluding hydrogens is 251 g/mol. The zero-order chi connectivity index (χ0) is 12.4. The minimum absolute atomic E-state index is 0.187. The lowest BCUT2D eigenvalue weighted by molar-refractivity contribution is -0.119. The van der Waals surface area contributed by atoms with Crippen molar-refractivity contribution in [2.24, 2.45) is 5.92 Å². The Bertz CT molecular complexity index is 447. The summed E-state index contributed by atoms with van der Waals surface area (Å²) in [6, 6.07) is 1.81. The minimum atomic E-state index is -1.57. The second-order valence-electron chi connectivity index (χ2n) is 3.77.